The second kappa shape index (κ2) is 4.87. The van der Waals surface area contributed by atoms with Crippen molar-refractivity contribution in [1.29, 1.82) is 5.26 Å². The van der Waals surface area contributed by atoms with Gasteiger partial charge in [-0.05, 0) is 47.0 Å². The lowest BCUT2D eigenvalue weighted by Gasteiger charge is -2.03. The molecule has 96 valence electrons. The number of carbonyl (C=O) groups is 1. The number of fused-ring (bicyclic) bond motifs is 1. The summed E-state index contributed by atoms with van der Waals surface area (Å²) in [6.45, 7) is 3.59. The van der Waals surface area contributed by atoms with Crippen LogP contribution in [0, 0.1) is 18.3 Å². The molecule has 1 atom stereocenters. The number of hydrogen-bond acceptors (Lipinski definition) is 3. The van der Waals surface area contributed by atoms with Crippen molar-refractivity contribution in [3.05, 3.63) is 41.1 Å². The lowest BCUT2D eigenvalue weighted by molar-refractivity contribution is 0.103. The molecule has 19 heavy (non-hydrogen) atoms. The number of nitrogens with zero attached hydrogens (tertiary/aromatic N) is 2. The van der Waals surface area contributed by atoms with Gasteiger partial charge in [0.15, 0.2) is 0 Å². The number of anilines is 1. The Labute approximate surface area is 113 Å². The Morgan fingerprint density at radius 2 is 2.16 bits per heavy atom. The van der Waals surface area contributed by atoms with Crippen molar-refractivity contribution in [1.82, 2.24) is 4.34 Å². The zero-order valence-corrected chi connectivity index (χ0v) is 11.9. The van der Waals surface area contributed by atoms with Crippen LogP contribution in [-0.2, 0) is 0 Å². The fraction of sp³-hybridized carbons (Fsp3) is 0.143. The molecular formula is C14H14N3OP. The highest BCUT2D eigenvalue weighted by atomic mass is 31.0. The first kappa shape index (κ1) is 13.3. The fourth-order valence-corrected chi connectivity index (χ4v) is 2.38. The van der Waals surface area contributed by atoms with Crippen LogP contribution in [0.1, 0.15) is 23.0 Å². The summed E-state index contributed by atoms with van der Waals surface area (Å²) in [7, 11) is 2.49. The van der Waals surface area contributed by atoms with E-state index in [-0.39, 0.29) is 11.4 Å². The van der Waals surface area contributed by atoms with Crippen LogP contribution in [0.15, 0.2) is 29.8 Å². The monoisotopic (exact) mass is 271 g/mol. The van der Waals surface area contributed by atoms with Crippen molar-refractivity contribution in [3.63, 3.8) is 0 Å². The highest BCUT2D eigenvalue weighted by molar-refractivity contribution is 7.15. The van der Waals surface area contributed by atoms with Crippen LogP contribution in [0.3, 0.4) is 0 Å². The maximum absolute atomic E-state index is 12.2. The van der Waals surface area contributed by atoms with E-state index in [4.69, 9.17) is 11.0 Å². The van der Waals surface area contributed by atoms with Gasteiger partial charge in [-0.2, -0.15) is 5.26 Å². The topological polar surface area (TPSA) is 71.8 Å². The Kier molecular flexibility index (Phi) is 3.42. The zero-order valence-electron chi connectivity index (χ0n) is 10.8. The van der Waals surface area contributed by atoms with Crippen LogP contribution in [0.25, 0.3) is 10.9 Å². The second-order valence-electron chi connectivity index (χ2n) is 4.31. The largest absolute Gasteiger partial charge is 0.398 e. The molecule has 0 saturated heterocycles. The summed E-state index contributed by atoms with van der Waals surface area (Å²) in [6, 6.07) is 7.45. The number of hydrogen-bond donors (Lipinski definition) is 1. The van der Waals surface area contributed by atoms with Gasteiger partial charge in [-0.1, -0.05) is 6.08 Å². The maximum Gasteiger partial charge on any atom is 0.219 e. The molecule has 2 N–H and O–H groups in total. The molecule has 0 aliphatic carbocycles. The molecule has 0 bridgehead atoms. The third-order valence-electron chi connectivity index (χ3n) is 3.11. The molecule has 0 radical (unpaired) electrons. The SMILES string of the molecule is C/C=C(\C#N)C(=O)c1cc2cc(C)c(N)cc2n1P. The van der Waals surface area contributed by atoms with Crippen molar-refractivity contribution < 1.29 is 4.79 Å². The van der Waals surface area contributed by atoms with E-state index in [2.05, 4.69) is 9.39 Å². The Hall–Kier alpha value is -2.11. The van der Waals surface area contributed by atoms with Gasteiger partial charge in [-0.25, -0.2) is 0 Å². The van der Waals surface area contributed by atoms with Crippen LogP contribution in [0.2, 0.25) is 0 Å². The molecule has 1 heterocycles. The number of nitriles is 1. The minimum absolute atomic E-state index is 0.135. The smallest absolute Gasteiger partial charge is 0.219 e. The third-order valence-corrected chi connectivity index (χ3v) is 3.67. The molecule has 5 heteroatoms. The van der Waals surface area contributed by atoms with E-state index in [1.54, 1.807) is 17.3 Å². The number of benzene rings is 1. The predicted octanol–water partition coefficient (Wildman–Crippen LogP) is 2.82. The van der Waals surface area contributed by atoms with Crippen molar-refractivity contribution in [3.8, 4) is 6.07 Å². The van der Waals surface area contributed by atoms with Crippen molar-refractivity contribution in [2.24, 2.45) is 0 Å². The number of allylic oxidation sites excluding steroid dienone is 2. The molecule has 0 aliphatic rings. The number of aromatic nitrogens is 1. The van der Waals surface area contributed by atoms with E-state index < -0.39 is 0 Å². The van der Waals surface area contributed by atoms with E-state index in [0.717, 1.165) is 16.5 Å². The van der Waals surface area contributed by atoms with Crippen LogP contribution in [0.5, 0.6) is 0 Å². The van der Waals surface area contributed by atoms with Crippen LogP contribution in [0.4, 0.5) is 5.69 Å². The van der Waals surface area contributed by atoms with E-state index in [0.29, 0.717) is 11.4 Å². The van der Waals surface area contributed by atoms with E-state index >= 15 is 0 Å². The lowest BCUT2D eigenvalue weighted by Crippen LogP contribution is -2.04. The van der Waals surface area contributed by atoms with Crippen LogP contribution < -0.4 is 5.73 Å². The average Bonchev–Trinajstić information content (AvgIpc) is 2.69. The van der Waals surface area contributed by atoms with Gasteiger partial charge in [0.1, 0.15) is 6.07 Å². The van der Waals surface area contributed by atoms with E-state index in [1.807, 2.05) is 25.1 Å². The molecule has 1 aromatic heterocycles. The summed E-state index contributed by atoms with van der Waals surface area (Å²) in [5.41, 5.74) is 8.97. The summed E-state index contributed by atoms with van der Waals surface area (Å²) >= 11 is 0. The van der Waals surface area contributed by atoms with Gasteiger partial charge < -0.3 is 10.1 Å². The normalized spacial score (nSPS) is 11.6. The summed E-state index contributed by atoms with van der Waals surface area (Å²) in [5, 5.41) is 9.87. The van der Waals surface area contributed by atoms with Gasteiger partial charge in [0.2, 0.25) is 5.78 Å². The first-order chi connectivity index (χ1) is 8.99. The summed E-state index contributed by atoms with van der Waals surface area (Å²) in [5.74, 6) is -0.285. The maximum atomic E-state index is 12.2. The van der Waals surface area contributed by atoms with Gasteiger partial charge in [-0.3, -0.25) is 4.79 Å². The Bertz CT molecular complexity index is 750. The van der Waals surface area contributed by atoms with Crippen molar-refractivity contribution >= 4 is 31.8 Å². The Balaban J connectivity index is 2.67. The number of carbonyl (C=O) groups excluding carboxylic acids is 1. The molecule has 4 nitrogen and oxygen atoms in total. The molecule has 2 aromatic rings. The molecule has 0 amide bonds. The molecule has 0 fully saturated rings. The van der Waals surface area contributed by atoms with Crippen molar-refractivity contribution in [2.75, 3.05) is 5.73 Å². The van der Waals surface area contributed by atoms with E-state index in [9.17, 15) is 4.79 Å². The van der Waals surface area contributed by atoms with Gasteiger partial charge in [0.25, 0.3) is 0 Å². The molecule has 1 aromatic carbocycles. The highest BCUT2D eigenvalue weighted by Crippen LogP contribution is 2.28. The van der Waals surface area contributed by atoms with E-state index in [1.165, 1.54) is 6.08 Å². The highest BCUT2D eigenvalue weighted by Gasteiger charge is 2.17. The number of nitrogens with two attached hydrogens (primary N) is 1. The lowest BCUT2D eigenvalue weighted by atomic mass is 10.1. The number of Topliss-reactive ketones (excluding diaryl/α,β-unsaturated/α-hetero) is 1. The number of ketones is 1. The number of rotatable bonds is 2. The number of nitrogen functional groups attached to an aromatic ring is 1. The van der Waals surface area contributed by atoms with Crippen LogP contribution in [-0.4, -0.2) is 10.1 Å². The molecule has 1 unspecified atom stereocenters. The minimum atomic E-state index is -0.285. The average molecular weight is 271 g/mol. The standard InChI is InChI=1S/C14H14N3OP/c1-3-9(7-15)14(18)13-5-10-4-8(2)11(16)6-12(10)17(13)19/h3-6H,16,19H2,1-2H3/b9-3+. The molecular weight excluding hydrogens is 257 g/mol. The first-order valence-electron chi connectivity index (χ1n) is 5.77. The zero-order chi connectivity index (χ0) is 14.2. The second-order valence-corrected chi connectivity index (χ2v) is 4.83. The quantitative estimate of drug-likeness (QED) is 0.300. The molecule has 0 spiro atoms. The Morgan fingerprint density at radius 3 is 2.74 bits per heavy atom. The molecule has 2 rings (SSSR count). The summed E-state index contributed by atoms with van der Waals surface area (Å²) < 4.78 is 1.69. The first-order valence-corrected chi connectivity index (χ1v) is 6.29. The Morgan fingerprint density at radius 1 is 1.47 bits per heavy atom. The van der Waals surface area contributed by atoms with Crippen LogP contribution >= 0.6 is 9.39 Å². The molecule has 0 saturated carbocycles. The summed E-state index contributed by atoms with van der Waals surface area (Å²) in [6.07, 6.45) is 1.52. The number of aryl methyl sites for hydroxylation is 1. The van der Waals surface area contributed by atoms with Gasteiger partial charge >= 0.3 is 0 Å². The fourth-order valence-electron chi connectivity index (χ4n) is 1.97. The van der Waals surface area contributed by atoms with Crippen molar-refractivity contribution in [2.45, 2.75) is 13.8 Å². The van der Waals surface area contributed by atoms with Gasteiger partial charge in [0.05, 0.1) is 16.8 Å². The predicted molar refractivity (Wildman–Crippen MR) is 79.9 cm³/mol. The molecule has 0 aliphatic heterocycles. The van der Waals surface area contributed by atoms with Gasteiger partial charge in [-0.15, -0.1) is 0 Å². The summed E-state index contributed by atoms with van der Waals surface area (Å²) in [4.78, 5) is 12.2. The van der Waals surface area contributed by atoms with Gasteiger partial charge in [0, 0.05) is 11.1 Å². The minimum Gasteiger partial charge on any atom is -0.398 e. The third kappa shape index (κ3) is 2.14.